The van der Waals surface area contributed by atoms with Gasteiger partial charge in [-0.15, -0.1) is 0 Å². The number of rotatable bonds is 6. The maximum Gasteiger partial charge on any atom is 0.414 e. The fraction of sp³-hybridized carbons (Fsp3) is 0.360. The normalized spacial score (nSPS) is 19.8. The quantitative estimate of drug-likeness (QED) is 0.580. The van der Waals surface area contributed by atoms with Crippen molar-refractivity contribution >= 4 is 34.4 Å². The summed E-state index contributed by atoms with van der Waals surface area (Å²) in [6.07, 6.45) is 1.37. The SMILES string of the molecule is COc1ccc2nccc(N3CC[C@H](C(=O)NC[C@@H]4CN(c5ccc(C)c(F)c5)C(=O)O4)C3)c2n1. The number of aryl methyl sites for hydroxylation is 1. The Bertz CT molecular complexity index is 1290. The van der Waals surface area contributed by atoms with E-state index < -0.39 is 12.2 Å². The predicted molar refractivity (Wildman–Crippen MR) is 128 cm³/mol. The maximum atomic E-state index is 13.9. The van der Waals surface area contributed by atoms with Crippen LogP contribution in [0.2, 0.25) is 0 Å². The van der Waals surface area contributed by atoms with Gasteiger partial charge in [-0.1, -0.05) is 6.07 Å². The second-order valence-electron chi connectivity index (χ2n) is 8.78. The summed E-state index contributed by atoms with van der Waals surface area (Å²) in [6.45, 7) is 3.36. The van der Waals surface area contributed by atoms with E-state index in [1.54, 1.807) is 38.4 Å². The van der Waals surface area contributed by atoms with Crippen molar-refractivity contribution in [2.45, 2.75) is 19.4 Å². The van der Waals surface area contributed by atoms with Gasteiger partial charge in [-0.3, -0.25) is 14.7 Å². The molecular formula is C25H26FN5O4. The molecule has 2 aromatic heterocycles. The second kappa shape index (κ2) is 9.36. The highest BCUT2D eigenvalue weighted by Gasteiger charge is 2.34. The summed E-state index contributed by atoms with van der Waals surface area (Å²) in [5.41, 5.74) is 3.35. The van der Waals surface area contributed by atoms with Gasteiger partial charge in [0.05, 0.1) is 43.0 Å². The third kappa shape index (κ3) is 4.55. The zero-order chi connectivity index (χ0) is 24.5. The minimum Gasteiger partial charge on any atom is -0.481 e. The largest absolute Gasteiger partial charge is 0.481 e. The molecule has 1 aromatic carbocycles. The van der Waals surface area contributed by atoms with E-state index in [0.717, 1.165) is 16.7 Å². The number of hydrogen-bond acceptors (Lipinski definition) is 7. The fourth-order valence-corrected chi connectivity index (χ4v) is 4.50. The highest BCUT2D eigenvalue weighted by atomic mass is 19.1. The van der Waals surface area contributed by atoms with Gasteiger partial charge in [-0.2, -0.15) is 0 Å². The molecule has 2 atom stereocenters. The monoisotopic (exact) mass is 479 g/mol. The number of cyclic esters (lactones) is 1. The Morgan fingerprint density at radius 3 is 2.91 bits per heavy atom. The first-order valence-corrected chi connectivity index (χ1v) is 11.5. The van der Waals surface area contributed by atoms with Crippen molar-refractivity contribution in [1.82, 2.24) is 15.3 Å². The second-order valence-corrected chi connectivity index (χ2v) is 8.78. The minimum atomic E-state index is -0.549. The number of methoxy groups -OCH3 is 1. The van der Waals surface area contributed by atoms with Crippen LogP contribution in [0.15, 0.2) is 42.6 Å². The van der Waals surface area contributed by atoms with Crippen LogP contribution in [-0.4, -0.2) is 61.4 Å². The average Bonchev–Trinajstić information content (AvgIpc) is 3.50. The molecule has 0 aliphatic carbocycles. The number of fused-ring (bicyclic) bond motifs is 1. The van der Waals surface area contributed by atoms with E-state index in [1.165, 1.54) is 11.0 Å². The lowest BCUT2D eigenvalue weighted by Gasteiger charge is -2.20. The first-order chi connectivity index (χ1) is 16.9. The topological polar surface area (TPSA) is 96.9 Å². The number of anilines is 2. The van der Waals surface area contributed by atoms with E-state index in [0.29, 0.717) is 36.6 Å². The van der Waals surface area contributed by atoms with Gasteiger partial charge in [0.25, 0.3) is 0 Å². The van der Waals surface area contributed by atoms with E-state index in [-0.39, 0.29) is 30.7 Å². The van der Waals surface area contributed by atoms with Crippen LogP contribution in [0.1, 0.15) is 12.0 Å². The van der Waals surface area contributed by atoms with Crippen molar-refractivity contribution in [2.75, 3.05) is 43.1 Å². The molecule has 1 N–H and O–H groups in total. The molecule has 0 saturated carbocycles. The average molecular weight is 480 g/mol. The standard InChI is InChI=1S/C25H26FN5O4/c1-15-3-4-17(11-19(15)26)31-14-18(35-25(31)33)12-28-24(32)16-8-10-30(13-16)21-7-9-27-20-5-6-22(34-2)29-23(20)21/h3-7,9,11,16,18H,8,10,12-14H2,1-2H3,(H,28,32)/t16-,18+/m0/s1. The number of halogens is 1. The molecule has 182 valence electrons. The molecule has 0 radical (unpaired) electrons. The van der Waals surface area contributed by atoms with Crippen molar-refractivity contribution in [2.24, 2.45) is 5.92 Å². The molecule has 2 aliphatic heterocycles. The van der Waals surface area contributed by atoms with Crippen molar-refractivity contribution in [3.05, 3.63) is 54.0 Å². The lowest BCUT2D eigenvalue weighted by atomic mass is 10.1. The number of benzene rings is 1. The van der Waals surface area contributed by atoms with Gasteiger partial charge in [0.1, 0.15) is 17.4 Å². The molecule has 0 spiro atoms. The summed E-state index contributed by atoms with van der Waals surface area (Å²) in [5, 5.41) is 2.92. The Balaban J connectivity index is 1.19. The van der Waals surface area contributed by atoms with Gasteiger partial charge in [0.15, 0.2) is 0 Å². The third-order valence-electron chi connectivity index (χ3n) is 6.49. The molecule has 35 heavy (non-hydrogen) atoms. The summed E-state index contributed by atoms with van der Waals surface area (Å²) in [7, 11) is 1.57. The highest BCUT2D eigenvalue weighted by Crippen LogP contribution is 2.30. The van der Waals surface area contributed by atoms with Gasteiger partial charge in [0.2, 0.25) is 11.8 Å². The van der Waals surface area contributed by atoms with Crippen LogP contribution >= 0.6 is 0 Å². The molecule has 0 bridgehead atoms. The number of carbonyl (C=O) groups excluding carboxylic acids is 2. The number of hydrogen-bond donors (Lipinski definition) is 1. The molecule has 2 saturated heterocycles. The van der Waals surface area contributed by atoms with Crippen LogP contribution in [0, 0.1) is 18.7 Å². The molecule has 10 heteroatoms. The number of aromatic nitrogens is 2. The molecule has 9 nitrogen and oxygen atoms in total. The van der Waals surface area contributed by atoms with E-state index >= 15 is 0 Å². The lowest BCUT2D eigenvalue weighted by Crippen LogP contribution is -2.39. The maximum absolute atomic E-state index is 13.9. The van der Waals surface area contributed by atoms with E-state index in [2.05, 4.69) is 20.2 Å². The smallest absolute Gasteiger partial charge is 0.414 e. The number of nitrogens with zero attached hydrogens (tertiary/aromatic N) is 4. The molecule has 4 heterocycles. The summed E-state index contributed by atoms with van der Waals surface area (Å²) in [4.78, 5) is 37.6. The van der Waals surface area contributed by atoms with Crippen molar-refractivity contribution in [3.63, 3.8) is 0 Å². The Hall–Kier alpha value is -3.95. The Morgan fingerprint density at radius 1 is 1.26 bits per heavy atom. The number of amides is 2. The summed E-state index contributed by atoms with van der Waals surface area (Å²) >= 11 is 0. The Kier molecular flexibility index (Phi) is 6.10. The van der Waals surface area contributed by atoms with Crippen LogP contribution in [-0.2, 0) is 9.53 Å². The minimum absolute atomic E-state index is 0.0905. The third-order valence-corrected chi connectivity index (χ3v) is 6.49. The van der Waals surface area contributed by atoms with E-state index in [9.17, 15) is 14.0 Å². The summed E-state index contributed by atoms with van der Waals surface area (Å²) in [6, 6.07) is 10.2. The van der Waals surface area contributed by atoms with Gasteiger partial charge >= 0.3 is 6.09 Å². The fourth-order valence-electron chi connectivity index (χ4n) is 4.50. The zero-order valence-corrected chi connectivity index (χ0v) is 19.5. The number of ether oxygens (including phenoxy) is 2. The van der Waals surface area contributed by atoms with E-state index in [1.807, 2.05) is 12.1 Å². The number of carbonyl (C=O) groups is 2. The van der Waals surface area contributed by atoms with Crippen molar-refractivity contribution in [3.8, 4) is 5.88 Å². The number of nitrogens with one attached hydrogen (secondary N) is 1. The highest BCUT2D eigenvalue weighted by molar-refractivity contribution is 5.90. The number of pyridine rings is 2. The molecule has 2 amide bonds. The molecule has 2 fully saturated rings. The van der Waals surface area contributed by atoms with Crippen LogP contribution in [0.4, 0.5) is 20.6 Å². The Morgan fingerprint density at radius 2 is 2.11 bits per heavy atom. The molecular weight excluding hydrogens is 453 g/mol. The van der Waals surface area contributed by atoms with Gasteiger partial charge < -0.3 is 19.7 Å². The van der Waals surface area contributed by atoms with Gasteiger partial charge in [-0.25, -0.2) is 14.2 Å². The molecule has 0 unspecified atom stereocenters. The van der Waals surface area contributed by atoms with Crippen LogP contribution in [0.25, 0.3) is 11.0 Å². The first kappa shape index (κ1) is 22.8. The lowest BCUT2D eigenvalue weighted by molar-refractivity contribution is -0.124. The van der Waals surface area contributed by atoms with Crippen molar-refractivity contribution < 1.29 is 23.5 Å². The van der Waals surface area contributed by atoms with Crippen molar-refractivity contribution in [1.29, 1.82) is 0 Å². The predicted octanol–water partition coefficient (Wildman–Crippen LogP) is 3.05. The van der Waals surface area contributed by atoms with Crippen LogP contribution in [0.5, 0.6) is 5.88 Å². The molecule has 3 aromatic rings. The Labute approximate surface area is 201 Å². The van der Waals surface area contributed by atoms with Gasteiger partial charge in [0, 0.05) is 25.4 Å². The zero-order valence-electron chi connectivity index (χ0n) is 19.5. The summed E-state index contributed by atoms with van der Waals surface area (Å²) in [5.74, 6) is -0.169. The van der Waals surface area contributed by atoms with Crippen LogP contribution in [0.3, 0.4) is 0 Å². The summed E-state index contributed by atoms with van der Waals surface area (Å²) < 4.78 is 24.5. The van der Waals surface area contributed by atoms with Gasteiger partial charge in [-0.05, 0) is 43.2 Å². The first-order valence-electron chi connectivity index (χ1n) is 11.5. The van der Waals surface area contributed by atoms with E-state index in [4.69, 9.17) is 9.47 Å². The molecule has 5 rings (SSSR count). The molecule has 2 aliphatic rings. The van der Waals surface area contributed by atoms with Crippen LogP contribution < -0.4 is 19.9 Å².